The molecular weight excluding hydrogens is 433 g/mol. The van der Waals surface area contributed by atoms with E-state index in [0.29, 0.717) is 13.1 Å². The smallest absolute Gasteiger partial charge is 0.416 e. The Kier molecular flexibility index (Phi) is 8.21. The van der Waals surface area contributed by atoms with Gasteiger partial charge in [0.1, 0.15) is 11.2 Å². The number of rotatable bonds is 7. The highest BCUT2D eigenvalue weighted by Crippen LogP contribution is 2.32. The average molecular weight is 456 g/mol. The third-order valence-corrected chi connectivity index (χ3v) is 5.49. The second kappa shape index (κ2) is 10.4. The van der Waals surface area contributed by atoms with Crippen LogP contribution in [-0.2, 0) is 27.0 Å². The number of benzene rings is 1. The quantitative estimate of drug-likeness (QED) is 0.598. The molecule has 0 aliphatic heterocycles. The summed E-state index contributed by atoms with van der Waals surface area (Å²) in [5.41, 5.74) is -1.72. The van der Waals surface area contributed by atoms with Gasteiger partial charge in [-0.2, -0.15) is 13.2 Å². The van der Waals surface area contributed by atoms with Crippen LogP contribution in [0.25, 0.3) is 12.2 Å². The normalized spacial score (nSPS) is 12.8. The van der Waals surface area contributed by atoms with Crippen LogP contribution in [0.1, 0.15) is 31.9 Å². The Morgan fingerprint density at radius 3 is 2.39 bits per heavy atom. The van der Waals surface area contributed by atoms with Crippen LogP contribution in [-0.4, -0.2) is 41.0 Å². The summed E-state index contributed by atoms with van der Waals surface area (Å²) in [5, 5.41) is 0. The predicted octanol–water partition coefficient (Wildman–Crippen LogP) is 1.97. The Bertz CT molecular complexity index is 1110. The molecule has 0 unspecified atom stereocenters. The summed E-state index contributed by atoms with van der Waals surface area (Å²) in [5.74, 6) is -1.05. The Morgan fingerprint density at radius 2 is 1.81 bits per heavy atom. The molecule has 31 heavy (non-hydrogen) atoms. The Hall–Kier alpha value is -2.88. The van der Waals surface area contributed by atoms with E-state index in [-0.39, 0.29) is 33.8 Å². The molecule has 0 saturated carbocycles. The van der Waals surface area contributed by atoms with Gasteiger partial charge in [-0.05, 0) is 38.5 Å². The number of nitrogens with zero attached hydrogens (tertiary/aromatic N) is 2. The maximum atomic E-state index is 13.3. The van der Waals surface area contributed by atoms with Crippen LogP contribution in [0.5, 0.6) is 0 Å². The molecule has 2 aromatic rings. The molecule has 1 aromatic heterocycles. The van der Waals surface area contributed by atoms with E-state index in [2.05, 4.69) is 0 Å². The first-order valence-electron chi connectivity index (χ1n) is 9.66. The number of hydrogen-bond acceptors (Lipinski definition) is 5. The van der Waals surface area contributed by atoms with Crippen molar-refractivity contribution in [2.24, 2.45) is 0 Å². The molecule has 0 saturated heterocycles. The van der Waals surface area contributed by atoms with Gasteiger partial charge in [0.05, 0.1) is 22.8 Å². The van der Waals surface area contributed by atoms with Crippen molar-refractivity contribution in [3.63, 3.8) is 0 Å². The fraction of sp³-hybridized carbons (Fsp3) is 0.381. The number of carbonyl (C=O) groups excluding carboxylic acids is 2. The lowest BCUT2D eigenvalue weighted by atomic mass is 10.1. The van der Waals surface area contributed by atoms with Crippen molar-refractivity contribution in [2.45, 2.75) is 33.5 Å². The highest BCUT2D eigenvalue weighted by atomic mass is 32.1. The predicted molar refractivity (Wildman–Crippen MR) is 112 cm³/mol. The second-order valence-corrected chi connectivity index (χ2v) is 7.45. The van der Waals surface area contributed by atoms with Gasteiger partial charge in [0.2, 0.25) is 5.91 Å². The van der Waals surface area contributed by atoms with Gasteiger partial charge in [-0.1, -0.05) is 18.2 Å². The van der Waals surface area contributed by atoms with E-state index in [1.54, 1.807) is 20.8 Å². The van der Waals surface area contributed by atoms with Crippen molar-refractivity contribution >= 4 is 35.4 Å². The molecule has 2 rings (SSSR count). The number of carbonyl (C=O) groups is 2. The van der Waals surface area contributed by atoms with E-state index in [4.69, 9.17) is 4.74 Å². The maximum absolute atomic E-state index is 13.3. The number of amides is 1. The molecule has 6 nitrogen and oxygen atoms in total. The maximum Gasteiger partial charge on any atom is 0.416 e. The zero-order chi connectivity index (χ0) is 23.2. The van der Waals surface area contributed by atoms with E-state index in [9.17, 15) is 27.6 Å². The molecule has 168 valence electrons. The summed E-state index contributed by atoms with van der Waals surface area (Å²) in [4.78, 5) is 38.9. The zero-order valence-corrected chi connectivity index (χ0v) is 18.2. The van der Waals surface area contributed by atoms with Crippen LogP contribution >= 0.6 is 11.3 Å². The van der Waals surface area contributed by atoms with Crippen molar-refractivity contribution < 1.29 is 27.5 Å². The highest BCUT2D eigenvalue weighted by molar-refractivity contribution is 7.07. The lowest BCUT2D eigenvalue weighted by Gasteiger charge is -2.18. The molecule has 10 heteroatoms. The molecule has 1 heterocycles. The van der Waals surface area contributed by atoms with Crippen LogP contribution in [0.4, 0.5) is 13.2 Å². The van der Waals surface area contributed by atoms with Gasteiger partial charge in [-0.25, -0.2) is 4.79 Å². The highest BCUT2D eigenvalue weighted by Gasteiger charge is 2.32. The van der Waals surface area contributed by atoms with Crippen LogP contribution in [0, 0.1) is 0 Å². The number of esters is 1. The lowest BCUT2D eigenvalue weighted by molar-refractivity contribution is -0.138. The number of thiazole rings is 1. The summed E-state index contributed by atoms with van der Waals surface area (Å²) in [6.45, 7) is 5.84. The minimum Gasteiger partial charge on any atom is -0.463 e. The van der Waals surface area contributed by atoms with Crippen molar-refractivity contribution in [2.75, 3.05) is 19.7 Å². The van der Waals surface area contributed by atoms with E-state index >= 15 is 0 Å². The number of ether oxygens (including phenoxy) is 1. The molecule has 0 radical (unpaired) electrons. The topological polar surface area (TPSA) is 68.6 Å². The molecule has 1 aromatic carbocycles. The minimum atomic E-state index is -4.60. The number of alkyl halides is 3. The van der Waals surface area contributed by atoms with Crippen LogP contribution in [0.15, 0.2) is 29.1 Å². The van der Waals surface area contributed by atoms with Gasteiger partial charge < -0.3 is 9.64 Å². The van der Waals surface area contributed by atoms with E-state index in [0.717, 1.165) is 34.1 Å². The van der Waals surface area contributed by atoms with Crippen LogP contribution in [0.2, 0.25) is 0 Å². The fourth-order valence-corrected chi connectivity index (χ4v) is 3.93. The van der Waals surface area contributed by atoms with Crippen LogP contribution < -0.4 is 14.8 Å². The number of likely N-dealkylation sites (N-methyl/N-ethyl adjacent to an activating group) is 1. The van der Waals surface area contributed by atoms with Crippen molar-refractivity contribution in [1.29, 1.82) is 0 Å². The fourth-order valence-electron chi connectivity index (χ4n) is 2.91. The molecule has 0 aliphatic carbocycles. The SMILES string of the molecule is CCOC(=O)/C=c1/s/c(=C\c2ccccc2C(F)(F)F)c(=O)n1CC(=O)N(CC)CC. The summed E-state index contributed by atoms with van der Waals surface area (Å²) < 4.78 is 46.0. The van der Waals surface area contributed by atoms with Gasteiger partial charge in [-0.15, -0.1) is 11.3 Å². The van der Waals surface area contributed by atoms with Gasteiger partial charge in [0.25, 0.3) is 5.56 Å². The standard InChI is InChI=1S/C21H23F3N2O4S/c1-4-25(5-2)17(27)13-26-18(12-19(28)30-6-3)31-16(20(26)29)11-14-9-7-8-10-15(14)21(22,23)24/h7-12H,4-6,13H2,1-3H3/b16-11-,18-12+. The first kappa shape index (κ1) is 24.4. The third kappa shape index (κ3) is 6.06. The van der Waals surface area contributed by atoms with Gasteiger partial charge in [0, 0.05) is 13.1 Å². The Balaban J connectivity index is 2.68. The molecule has 0 aliphatic rings. The van der Waals surface area contributed by atoms with Gasteiger partial charge >= 0.3 is 12.1 Å². The Labute approximate surface area is 180 Å². The molecular formula is C21H23F3N2O4S. The molecule has 0 fully saturated rings. The number of hydrogen-bond donors (Lipinski definition) is 0. The molecule has 0 bridgehead atoms. The molecule has 0 atom stereocenters. The van der Waals surface area contributed by atoms with E-state index < -0.39 is 23.3 Å². The zero-order valence-electron chi connectivity index (χ0n) is 17.4. The van der Waals surface area contributed by atoms with Gasteiger partial charge in [0.15, 0.2) is 0 Å². The first-order chi connectivity index (χ1) is 14.6. The van der Waals surface area contributed by atoms with Crippen molar-refractivity contribution in [3.05, 3.63) is 54.9 Å². The molecule has 0 spiro atoms. The average Bonchev–Trinajstić information content (AvgIpc) is 2.97. The third-order valence-electron chi connectivity index (χ3n) is 4.43. The summed E-state index contributed by atoms with van der Waals surface area (Å²) in [6, 6.07) is 4.87. The lowest BCUT2D eigenvalue weighted by Crippen LogP contribution is -2.40. The van der Waals surface area contributed by atoms with Gasteiger partial charge in [-0.3, -0.25) is 14.2 Å². The minimum absolute atomic E-state index is 0.0282. The van der Waals surface area contributed by atoms with Crippen LogP contribution in [0.3, 0.4) is 0 Å². The number of halogens is 3. The Morgan fingerprint density at radius 1 is 1.16 bits per heavy atom. The van der Waals surface area contributed by atoms with E-state index in [1.807, 2.05) is 0 Å². The summed E-state index contributed by atoms with van der Waals surface area (Å²) in [6.07, 6.45) is -2.41. The first-order valence-corrected chi connectivity index (χ1v) is 10.5. The monoisotopic (exact) mass is 456 g/mol. The van der Waals surface area contributed by atoms with Crippen molar-refractivity contribution in [1.82, 2.24) is 9.47 Å². The molecule has 0 N–H and O–H groups in total. The second-order valence-electron chi connectivity index (χ2n) is 6.39. The molecule has 1 amide bonds. The largest absolute Gasteiger partial charge is 0.463 e. The summed E-state index contributed by atoms with van der Waals surface area (Å²) >= 11 is 0.824. The summed E-state index contributed by atoms with van der Waals surface area (Å²) in [7, 11) is 0. The van der Waals surface area contributed by atoms with Crippen molar-refractivity contribution in [3.8, 4) is 0 Å². The number of aromatic nitrogens is 1. The van der Waals surface area contributed by atoms with E-state index in [1.165, 1.54) is 23.1 Å².